The number of benzene rings is 2. The van der Waals surface area contributed by atoms with E-state index in [0.29, 0.717) is 38.2 Å². The van der Waals surface area contributed by atoms with E-state index in [4.69, 9.17) is 37.4 Å². The maximum Gasteiger partial charge on any atom is 0.338 e. The summed E-state index contributed by atoms with van der Waals surface area (Å²) in [6.07, 6.45) is 0. The number of rotatable bonds is 6. The average molecular weight is 434 g/mol. The molecule has 0 aliphatic carbocycles. The molecule has 0 aromatic heterocycles. The first-order valence-corrected chi connectivity index (χ1v) is 8.62. The largest absolute Gasteiger partial charge is 0.490 e. The highest BCUT2D eigenvalue weighted by molar-refractivity contribution is 9.10. The quantitative estimate of drug-likeness (QED) is 0.562. The molecule has 0 aliphatic heterocycles. The molecule has 2 aromatic rings. The Balaban J connectivity index is 2.29. The SMILES string of the molecule is CCOc1cc(C(=O)OC)cc(Br)c1OCc1ccc(Cl)cc1Cl. The number of ether oxygens (including phenoxy) is 3. The molecule has 0 fully saturated rings. The van der Waals surface area contributed by atoms with Crippen LogP contribution in [0, 0.1) is 0 Å². The lowest BCUT2D eigenvalue weighted by Gasteiger charge is -2.15. The highest BCUT2D eigenvalue weighted by Gasteiger charge is 2.17. The van der Waals surface area contributed by atoms with E-state index in [1.54, 1.807) is 30.3 Å². The molecule has 2 aromatic carbocycles. The Kier molecular flexibility index (Phi) is 6.78. The van der Waals surface area contributed by atoms with Gasteiger partial charge < -0.3 is 14.2 Å². The lowest BCUT2D eigenvalue weighted by Crippen LogP contribution is -2.05. The summed E-state index contributed by atoms with van der Waals surface area (Å²) in [4.78, 5) is 11.7. The summed E-state index contributed by atoms with van der Waals surface area (Å²) in [5, 5.41) is 1.07. The second-order valence-electron chi connectivity index (χ2n) is 4.73. The first kappa shape index (κ1) is 18.9. The standard InChI is InChI=1S/C17H15BrCl2O4/c1-3-23-15-7-11(17(21)22-2)6-13(18)16(15)24-9-10-4-5-12(19)8-14(10)20/h4-8H,3,9H2,1-2H3. The molecular formula is C17H15BrCl2O4. The summed E-state index contributed by atoms with van der Waals surface area (Å²) in [5.74, 6) is 0.469. The number of halogens is 3. The van der Waals surface area contributed by atoms with Gasteiger partial charge in [0.1, 0.15) is 6.61 Å². The van der Waals surface area contributed by atoms with Crippen LogP contribution < -0.4 is 9.47 Å². The fourth-order valence-electron chi connectivity index (χ4n) is 2.00. The Bertz CT molecular complexity index is 750. The molecule has 24 heavy (non-hydrogen) atoms. The van der Waals surface area contributed by atoms with Gasteiger partial charge in [-0.1, -0.05) is 29.3 Å². The van der Waals surface area contributed by atoms with Crippen LogP contribution in [0.25, 0.3) is 0 Å². The predicted octanol–water partition coefficient (Wildman–Crippen LogP) is 5.52. The fraction of sp³-hybridized carbons (Fsp3) is 0.235. The van der Waals surface area contributed by atoms with Gasteiger partial charge in [-0.25, -0.2) is 4.79 Å². The van der Waals surface area contributed by atoms with Crippen molar-refractivity contribution in [3.63, 3.8) is 0 Å². The van der Waals surface area contributed by atoms with Crippen molar-refractivity contribution in [1.82, 2.24) is 0 Å². The Morgan fingerprint density at radius 3 is 2.54 bits per heavy atom. The number of hydrogen-bond acceptors (Lipinski definition) is 4. The molecule has 0 aliphatic rings. The van der Waals surface area contributed by atoms with Crippen LogP contribution in [0.15, 0.2) is 34.8 Å². The summed E-state index contributed by atoms with van der Waals surface area (Å²) in [6.45, 7) is 2.50. The molecule has 0 amide bonds. The lowest BCUT2D eigenvalue weighted by atomic mass is 10.2. The van der Waals surface area contributed by atoms with Crippen molar-refractivity contribution >= 4 is 45.1 Å². The van der Waals surface area contributed by atoms with E-state index in [0.717, 1.165) is 5.56 Å². The number of carbonyl (C=O) groups is 1. The van der Waals surface area contributed by atoms with Crippen molar-refractivity contribution < 1.29 is 19.0 Å². The first-order chi connectivity index (χ1) is 11.5. The summed E-state index contributed by atoms with van der Waals surface area (Å²) < 4.78 is 16.7. The lowest BCUT2D eigenvalue weighted by molar-refractivity contribution is 0.0600. The van der Waals surface area contributed by atoms with E-state index in [1.807, 2.05) is 6.92 Å². The molecule has 0 atom stereocenters. The van der Waals surface area contributed by atoms with Gasteiger partial charge in [0.15, 0.2) is 11.5 Å². The van der Waals surface area contributed by atoms with Crippen molar-refractivity contribution in [2.24, 2.45) is 0 Å². The molecule has 0 spiro atoms. The number of hydrogen-bond donors (Lipinski definition) is 0. The van der Waals surface area contributed by atoms with Crippen molar-refractivity contribution in [2.75, 3.05) is 13.7 Å². The number of methoxy groups -OCH3 is 1. The Hall–Kier alpha value is -1.43. The maximum absolute atomic E-state index is 11.7. The van der Waals surface area contributed by atoms with Gasteiger partial charge in [-0.2, -0.15) is 0 Å². The van der Waals surface area contributed by atoms with Crippen molar-refractivity contribution in [2.45, 2.75) is 13.5 Å². The third-order valence-corrected chi connectivity index (χ3v) is 4.29. The smallest absolute Gasteiger partial charge is 0.338 e. The molecule has 0 saturated carbocycles. The molecule has 4 nitrogen and oxygen atoms in total. The van der Waals surface area contributed by atoms with Crippen LogP contribution in [0.4, 0.5) is 0 Å². The van der Waals surface area contributed by atoms with Gasteiger partial charge in [0.2, 0.25) is 0 Å². The molecule has 0 heterocycles. The van der Waals surface area contributed by atoms with Gasteiger partial charge in [-0.15, -0.1) is 0 Å². The van der Waals surface area contributed by atoms with Crippen LogP contribution in [0.2, 0.25) is 10.0 Å². The van der Waals surface area contributed by atoms with Crippen molar-refractivity contribution in [3.05, 3.63) is 56.0 Å². The molecule has 0 N–H and O–H groups in total. The molecule has 2 rings (SSSR count). The van der Waals surface area contributed by atoms with Crippen LogP contribution in [-0.4, -0.2) is 19.7 Å². The van der Waals surface area contributed by atoms with Crippen LogP contribution >= 0.6 is 39.1 Å². The van der Waals surface area contributed by atoms with Crippen LogP contribution in [0.1, 0.15) is 22.8 Å². The number of esters is 1. The summed E-state index contributed by atoms with van der Waals surface area (Å²) in [5.41, 5.74) is 1.15. The summed E-state index contributed by atoms with van der Waals surface area (Å²) in [6, 6.07) is 8.39. The molecule has 0 radical (unpaired) electrons. The Morgan fingerprint density at radius 1 is 1.17 bits per heavy atom. The van der Waals surface area contributed by atoms with E-state index in [2.05, 4.69) is 15.9 Å². The highest BCUT2D eigenvalue weighted by Crippen LogP contribution is 2.38. The zero-order valence-corrected chi connectivity index (χ0v) is 16.2. The van der Waals surface area contributed by atoms with Gasteiger partial charge in [-0.05, 0) is 47.1 Å². The summed E-state index contributed by atoms with van der Waals surface area (Å²) >= 11 is 15.4. The number of carbonyl (C=O) groups excluding carboxylic acids is 1. The molecule has 0 bridgehead atoms. The molecule has 0 saturated heterocycles. The van der Waals surface area contributed by atoms with E-state index in [-0.39, 0.29) is 6.61 Å². The maximum atomic E-state index is 11.7. The monoisotopic (exact) mass is 432 g/mol. The van der Waals surface area contributed by atoms with Crippen LogP contribution in [0.5, 0.6) is 11.5 Å². The first-order valence-electron chi connectivity index (χ1n) is 7.07. The average Bonchev–Trinajstić information content (AvgIpc) is 2.55. The third kappa shape index (κ3) is 4.56. The van der Waals surface area contributed by atoms with Gasteiger partial charge in [0.05, 0.1) is 23.8 Å². The Labute approximate surface area is 158 Å². The van der Waals surface area contributed by atoms with Crippen LogP contribution in [0.3, 0.4) is 0 Å². The van der Waals surface area contributed by atoms with Gasteiger partial charge in [0, 0.05) is 15.6 Å². The van der Waals surface area contributed by atoms with Gasteiger partial charge >= 0.3 is 5.97 Å². The molecule has 0 unspecified atom stereocenters. The normalized spacial score (nSPS) is 10.4. The van der Waals surface area contributed by atoms with Crippen molar-refractivity contribution in [1.29, 1.82) is 0 Å². The second-order valence-corrected chi connectivity index (χ2v) is 6.43. The van der Waals surface area contributed by atoms with E-state index in [9.17, 15) is 4.79 Å². The molecule has 128 valence electrons. The van der Waals surface area contributed by atoms with Crippen LogP contribution in [-0.2, 0) is 11.3 Å². The minimum Gasteiger partial charge on any atom is -0.490 e. The van der Waals surface area contributed by atoms with E-state index < -0.39 is 5.97 Å². The van der Waals surface area contributed by atoms with Gasteiger partial charge in [-0.3, -0.25) is 0 Å². The molecule has 7 heteroatoms. The third-order valence-electron chi connectivity index (χ3n) is 3.12. The fourth-order valence-corrected chi connectivity index (χ4v) is 3.01. The minimum absolute atomic E-state index is 0.228. The molecular weight excluding hydrogens is 419 g/mol. The van der Waals surface area contributed by atoms with E-state index in [1.165, 1.54) is 7.11 Å². The topological polar surface area (TPSA) is 44.8 Å². The van der Waals surface area contributed by atoms with Crippen molar-refractivity contribution in [3.8, 4) is 11.5 Å². The zero-order chi connectivity index (χ0) is 17.7. The second kappa shape index (κ2) is 8.60. The minimum atomic E-state index is -0.455. The summed E-state index contributed by atoms with van der Waals surface area (Å²) in [7, 11) is 1.32. The van der Waals surface area contributed by atoms with E-state index >= 15 is 0 Å². The Morgan fingerprint density at radius 2 is 1.92 bits per heavy atom. The predicted molar refractivity (Wildman–Crippen MR) is 97.4 cm³/mol. The zero-order valence-electron chi connectivity index (χ0n) is 13.1. The van der Waals surface area contributed by atoms with Gasteiger partial charge in [0.25, 0.3) is 0 Å². The highest BCUT2D eigenvalue weighted by atomic mass is 79.9.